The molecule has 3 N–H and O–H groups in total. The van der Waals surface area contributed by atoms with Crippen LogP contribution in [0.2, 0.25) is 0 Å². The number of aromatic amines is 1. The van der Waals surface area contributed by atoms with E-state index in [9.17, 15) is 28.4 Å². The fourth-order valence-electron chi connectivity index (χ4n) is 2.72. The van der Waals surface area contributed by atoms with Crippen LogP contribution >= 0.6 is 0 Å². The number of ether oxygens (including phenoxy) is 1. The molecule has 0 fully saturated rings. The lowest BCUT2D eigenvalue weighted by Gasteiger charge is -2.23. The van der Waals surface area contributed by atoms with E-state index in [0.29, 0.717) is 0 Å². The van der Waals surface area contributed by atoms with Crippen molar-refractivity contribution in [1.82, 2.24) is 19.8 Å². The normalized spacial score (nSPS) is 11.2. The van der Waals surface area contributed by atoms with E-state index >= 15 is 0 Å². The summed E-state index contributed by atoms with van der Waals surface area (Å²) in [4.78, 5) is 62.6. The third kappa shape index (κ3) is 6.66. The maximum atomic E-state index is 13.5. The lowest BCUT2D eigenvalue weighted by atomic mass is 10.2. The highest BCUT2D eigenvalue weighted by atomic mass is 19.1. The fourth-order valence-corrected chi connectivity index (χ4v) is 2.72. The first-order chi connectivity index (χ1) is 14.4. The summed E-state index contributed by atoms with van der Waals surface area (Å²) in [7, 11) is 0. The van der Waals surface area contributed by atoms with Crippen molar-refractivity contribution in [2.75, 3.05) is 19.6 Å². The van der Waals surface area contributed by atoms with Crippen molar-refractivity contribution in [3.8, 4) is 0 Å². The molecule has 168 valence electrons. The van der Waals surface area contributed by atoms with Crippen LogP contribution in [0.5, 0.6) is 0 Å². The van der Waals surface area contributed by atoms with Crippen molar-refractivity contribution in [1.29, 1.82) is 0 Å². The van der Waals surface area contributed by atoms with Crippen molar-refractivity contribution in [3.05, 3.63) is 44.9 Å². The maximum Gasteiger partial charge on any atom is 0.407 e. The van der Waals surface area contributed by atoms with Gasteiger partial charge in [0, 0.05) is 13.1 Å². The molecule has 1 aromatic heterocycles. The van der Waals surface area contributed by atoms with Crippen LogP contribution in [0.25, 0.3) is 10.9 Å². The maximum absolute atomic E-state index is 13.5. The molecule has 12 heteroatoms. The van der Waals surface area contributed by atoms with E-state index in [2.05, 4.69) is 5.32 Å². The molecule has 0 atom stereocenters. The number of H-pyrrole nitrogens is 1. The molecule has 1 aromatic carbocycles. The highest BCUT2D eigenvalue weighted by Gasteiger charge is 2.21. The Labute approximate surface area is 175 Å². The Kier molecular flexibility index (Phi) is 7.16. The number of carboxylic acid groups (broad SMARTS) is 1. The highest BCUT2D eigenvalue weighted by Crippen LogP contribution is 2.10. The van der Waals surface area contributed by atoms with Gasteiger partial charge in [-0.1, -0.05) is 0 Å². The molecule has 2 amide bonds. The number of hydrogen-bond donors (Lipinski definition) is 3. The van der Waals surface area contributed by atoms with Gasteiger partial charge < -0.3 is 20.1 Å². The quantitative estimate of drug-likeness (QED) is 0.561. The Morgan fingerprint density at radius 2 is 1.94 bits per heavy atom. The van der Waals surface area contributed by atoms with Gasteiger partial charge in [0.25, 0.3) is 5.56 Å². The monoisotopic (exact) mass is 438 g/mol. The summed E-state index contributed by atoms with van der Waals surface area (Å²) in [5.74, 6) is -2.75. The van der Waals surface area contributed by atoms with Gasteiger partial charge in [0.1, 0.15) is 24.5 Å². The number of halogens is 1. The van der Waals surface area contributed by atoms with E-state index in [0.717, 1.165) is 21.6 Å². The third-order valence-electron chi connectivity index (χ3n) is 3.98. The van der Waals surface area contributed by atoms with Gasteiger partial charge in [-0.25, -0.2) is 14.0 Å². The van der Waals surface area contributed by atoms with Crippen LogP contribution in [-0.2, 0) is 20.9 Å². The molecule has 11 nitrogen and oxygen atoms in total. The molecular weight excluding hydrogens is 415 g/mol. The third-order valence-corrected chi connectivity index (χ3v) is 3.98. The fraction of sp³-hybridized carbons (Fsp3) is 0.421. The molecule has 0 unspecified atom stereocenters. The smallest absolute Gasteiger partial charge is 0.407 e. The number of aromatic nitrogens is 2. The van der Waals surface area contributed by atoms with Crippen molar-refractivity contribution < 1.29 is 28.6 Å². The Balaban J connectivity index is 2.19. The summed E-state index contributed by atoms with van der Waals surface area (Å²) in [6.07, 6.45) is -0.736. The van der Waals surface area contributed by atoms with E-state index in [-0.39, 0.29) is 24.0 Å². The zero-order valence-corrected chi connectivity index (χ0v) is 17.2. The number of rotatable bonds is 7. The predicted molar refractivity (Wildman–Crippen MR) is 107 cm³/mol. The molecule has 1 heterocycles. The summed E-state index contributed by atoms with van der Waals surface area (Å²) < 4.78 is 19.4. The minimum atomic E-state index is -1.30. The minimum Gasteiger partial charge on any atom is -0.480 e. The van der Waals surface area contributed by atoms with Crippen molar-refractivity contribution in [3.63, 3.8) is 0 Å². The van der Waals surface area contributed by atoms with Crippen molar-refractivity contribution in [2.45, 2.75) is 32.9 Å². The molecule has 0 bridgehead atoms. The number of fused-ring (bicyclic) bond motifs is 1. The zero-order valence-electron chi connectivity index (χ0n) is 17.2. The topological polar surface area (TPSA) is 151 Å². The number of nitrogens with one attached hydrogen (secondary N) is 2. The number of carboxylic acids is 1. The lowest BCUT2D eigenvalue weighted by molar-refractivity contribution is -0.144. The van der Waals surface area contributed by atoms with Gasteiger partial charge in [-0.3, -0.25) is 23.9 Å². The van der Waals surface area contributed by atoms with Crippen LogP contribution in [0.4, 0.5) is 9.18 Å². The first kappa shape index (κ1) is 23.6. The largest absolute Gasteiger partial charge is 0.480 e. The summed E-state index contributed by atoms with van der Waals surface area (Å²) in [5.41, 5.74) is -2.43. The number of aliphatic carboxylic acids is 1. The molecule has 0 aliphatic rings. The van der Waals surface area contributed by atoms with Gasteiger partial charge >= 0.3 is 17.8 Å². The molecule has 2 aromatic rings. The SMILES string of the molecule is CC(C)(C)OC(=O)NCCN(CC(=O)O)C(=O)Cn1c(=O)[nH]c(=O)c2cc(F)ccc21. The Bertz CT molecular complexity index is 1120. The van der Waals surface area contributed by atoms with Gasteiger partial charge in [0.2, 0.25) is 5.91 Å². The van der Waals surface area contributed by atoms with Crippen LogP contribution in [0.15, 0.2) is 27.8 Å². The molecule has 0 aliphatic carbocycles. The summed E-state index contributed by atoms with van der Waals surface area (Å²) in [5, 5.41) is 11.4. The lowest BCUT2D eigenvalue weighted by Crippen LogP contribution is -2.45. The zero-order chi connectivity index (χ0) is 23.3. The van der Waals surface area contributed by atoms with Gasteiger partial charge in [-0.15, -0.1) is 0 Å². The highest BCUT2D eigenvalue weighted by molar-refractivity contribution is 5.84. The molecule has 0 saturated carbocycles. The number of benzene rings is 1. The van der Waals surface area contributed by atoms with Crippen LogP contribution in [0.1, 0.15) is 20.8 Å². The van der Waals surface area contributed by atoms with Crippen molar-refractivity contribution >= 4 is 28.9 Å². The summed E-state index contributed by atoms with van der Waals surface area (Å²) >= 11 is 0. The number of carbonyl (C=O) groups is 3. The van der Waals surface area contributed by atoms with E-state index < -0.39 is 53.7 Å². The first-order valence-electron chi connectivity index (χ1n) is 9.26. The van der Waals surface area contributed by atoms with Gasteiger partial charge in [-0.2, -0.15) is 0 Å². The number of nitrogens with zero attached hydrogens (tertiary/aromatic N) is 2. The number of amides is 2. The number of carbonyl (C=O) groups excluding carboxylic acids is 2. The predicted octanol–water partition coefficient (Wildman–Crippen LogP) is 0.267. The van der Waals surface area contributed by atoms with Gasteiger partial charge in [0.15, 0.2) is 0 Å². The number of alkyl carbamates (subject to hydrolysis) is 1. The molecule has 0 aliphatic heterocycles. The molecule has 31 heavy (non-hydrogen) atoms. The number of hydrogen-bond acceptors (Lipinski definition) is 6. The van der Waals surface area contributed by atoms with Crippen LogP contribution < -0.4 is 16.6 Å². The average Bonchev–Trinajstić information content (AvgIpc) is 2.62. The first-order valence-corrected chi connectivity index (χ1v) is 9.26. The second kappa shape index (κ2) is 9.41. The molecule has 0 spiro atoms. The van der Waals surface area contributed by atoms with E-state index in [1.54, 1.807) is 20.8 Å². The molecule has 0 saturated heterocycles. The van der Waals surface area contributed by atoms with E-state index in [1.807, 2.05) is 4.98 Å². The van der Waals surface area contributed by atoms with Crippen LogP contribution in [0, 0.1) is 5.82 Å². The van der Waals surface area contributed by atoms with Gasteiger partial charge in [-0.05, 0) is 39.0 Å². The van der Waals surface area contributed by atoms with Crippen molar-refractivity contribution in [2.24, 2.45) is 0 Å². The van der Waals surface area contributed by atoms with E-state index in [4.69, 9.17) is 9.84 Å². The average molecular weight is 438 g/mol. The van der Waals surface area contributed by atoms with Gasteiger partial charge in [0.05, 0.1) is 10.9 Å². The van der Waals surface area contributed by atoms with E-state index in [1.165, 1.54) is 6.07 Å². The molecule has 0 radical (unpaired) electrons. The molecular formula is C19H23FN4O7. The second-order valence-electron chi connectivity index (χ2n) is 7.64. The minimum absolute atomic E-state index is 0.0191. The standard InChI is InChI=1S/C19H23FN4O7/c1-19(2,3)31-18(30)21-6-7-23(10-15(26)27)14(25)9-24-13-5-4-11(20)8-12(13)16(28)22-17(24)29/h4-5,8H,6-7,9-10H2,1-3H3,(H,21,30)(H,26,27)(H,22,28,29). The van der Waals surface area contributed by atoms with Crippen LogP contribution in [0.3, 0.4) is 0 Å². The Morgan fingerprint density at radius 1 is 1.26 bits per heavy atom. The van der Waals surface area contributed by atoms with Crippen LogP contribution in [-0.4, -0.2) is 62.8 Å². The molecule has 2 rings (SSSR count). The Hall–Kier alpha value is -3.70. The second-order valence-corrected chi connectivity index (χ2v) is 7.64. The Morgan fingerprint density at radius 3 is 2.55 bits per heavy atom. The summed E-state index contributed by atoms with van der Waals surface area (Å²) in [6, 6.07) is 3.14. The summed E-state index contributed by atoms with van der Waals surface area (Å²) in [6.45, 7) is 3.47.